The second-order valence-electron chi connectivity index (χ2n) is 4.36. The lowest BCUT2D eigenvalue weighted by Gasteiger charge is -2.08. The number of nitrogens with zero attached hydrogens (tertiary/aromatic N) is 4. The number of rotatable bonds is 3. The van der Waals surface area contributed by atoms with Gasteiger partial charge in [-0.2, -0.15) is 10.5 Å². The Labute approximate surface area is 125 Å². The average molecular weight is 297 g/mol. The van der Waals surface area contributed by atoms with Gasteiger partial charge < -0.3 is 15.4 Å². The van der Waals surface area contributed by atoms with E-state index in [4.69, 9.17) is 10.00 Å². The number of fused-ring (bicyclic) bond motifs is 1. The Bertz CT molecular complexity index is 761. The Morgan fingerprint density at radius 2 is 2.41 bits per heavy atom. The Morgan fingerprint density at radius 3 is 3.18 bits per heavy atom. The summed E-state index contributed by atoms with van der Waals surface area (Å²) in [5, 5.41) is 27.9. The Balaban J connectivity index is 1.85. The zero-order chi connectivity index (χ0) is 15.4. The molecular formula is C13H11N7O2. The molecule has 0 saturated heterocycles. The van der Waals surface area contributed by atoms with Gasteiger partial charge in [0.1, 0.15) is 24.0 Å². The number of benzene rings is 1. The zero-order valence-electron chi connectivity index (χ0n) is 11.3. The molecule has 1 aromatic carbocycles. The van der Waals surface area contributed by atoms with Crippen LogP contribution in [0.25, 0.3) is 5.57 Å². The van der Waals surface area contributed by atoms with Crippen molar-refractivity contribution in [1.82, 2.24) is 25.9 Å². The van der Waals surface area contributed by atoms with Crippen molar-refractivity contribution < 1.29 is 9.53 Å². The molecular weight excluding hydrogens is 286 g/mol. The van der Waals surface area contributed by atoms with Crippen LogP contribution in [0.5, 0.6) is 5.75 Å². The van der Waals surface area contributed by atoms with Crippen molar-refractivity contribution in [3.63, 3.8) is 0 Å². The van der Waals surface area contributed by atoms with Crippen molar-refractivity contribution in [2.24, 2.45) is 0 Å². The van der Waals surface area contributed by atoms with Crippen molar-refractivity contribution >= 4 is 17.2 Å². The first-order valence-corrected chi connectivity index (χ1v) is 6.43. The minimum Gasteiger partial charge on any atom is -0.491 e. The number of aromatic nitrogens is 4. The van der Waals surface area contributed by atoms with Crippen LogP contribution >= 0.6 is 0 Å². The van der Waals surface area contributed by atoms with Crippen molar-refractivity contribution in [3.8, 4) is 11.8 Å². The number of anilines is 1. The van der Waals surface area contributed by atoms with Crippen LogP contribution in [0.1, 0.15) is 16.2 Å². The molecule has 3 rings (SSSR count). The van der Waals surface area contributed by atoms with E-state index in [2.05, 4.69) is 31.3 Å². The molecule has 1 aromatic heterocycles. The summed E-state index contributed by atoms with van der Waals surface area (Å²) in [5.74, 6) is 0.521. The minimum atomic E-state index is -0.196. The highest BCUT2D eigenvalue weighted by molar-refractivity contribution is 5.98. The molecule has 0 spiro atoms. The van der Waals surface area contributed by atoms with E-state index >= 15 is 0 Å². The lowest BCUT2D eigenvalue weighted by molar-refractivity contribution is 0.0957. The summed E-state index contributed by atoms with van der Waals surface area (Å²) in [5.41, 5.74) is 1.29. The van der Waals surface area contributed by atoms with Crippen LogP contribution in [0.2, 0.25) is 0 Å². The quantitative estimate of drug-likeness (QED) is 0.695. The predicted molar refractivity (Wildman–Crippen MR) is 75.7 cm³/mol. The van der Waals surface area contributed by atoms with Crippen molar-refractivity contribution in [2.45, 2.75) is 0 Å². The predicted octanol–water partition coefficient (Wildman–Crippen LogP) is 0.298. The van der Waals surface area contributed by atoms with E-state index in [9.17, 15) is 4.79 Å². The number of hydrogen-bond donors (Lipinski definition) is 3. The molecule has 0 aliphatic carbocycles. The number of H-pyrrole nitrogens is 1. The van der Waals surface area contributed by atoms with Crippen LogP contribution in [0.3, 0.4) is 0 Å². The summed E-state index contributed by atoms with van der Waals surface area (Å²) in [7, 11) is 0. The van der Waals surface area contributed by atoms with Gasteiger partial charge in [0, 0.05) is 11.9 Å². The largest absolute Gasteiger partial charge is 0.491 e. The van der Waals surface area contributed by atoms with Crippen LogP contribution in [-0.4, -0.2) is 39.7 Å². The second kappa shape index (κ2) is 5.92. The molecule has 0 atom stereocenters. The summed E-state index contributed by atoms with van der Waals surface area (Å²) in [6.07, 6.45) is 1.45. The van der Waals surface area contributed by atoms with Crippen LogP contribution in [0.4, 0.5) is 5.69 Å². The highest BCUT2D eigenvalue weighted by Crippen LogP contribution is 2.24. The van der Waals surface area contributed by atoms with Gasteiger partial charge in [-0.1, -0.05) is 0 Å². The number of ether oxygens (including phenoxy) is 1. The molecule has 9 nitrogen and oxygen atoms in total. The minimum absolute atomic E-state index is 0.186. The number of aromatic amines is 1. The molecule has 22 heavy (non-hydrogen) atoms. The number of allylic oxidation sites excluding steroid dienone is 1. The normalized spacial score (nSPS) is 14.1. The molecule has 1 aliphatic rings. The third-order valence-corrected chi connectivity index (χ3v) is 2.96. The van der Waals surface area contributed by atoms with Crippen molar-refractivity contribution in [1.29, 1.82) is 5.26 Å². The monoisotopic (exact) mass is 297 g/mol. The van der Waals surface area contributed by atoms with Gasteiger partial charge in [0.25, 0.3) is 5.91 Å². The summed E-state index contributed by atoms with van der Waals surface area (Å²) in [6.45, 7) is 0.897. The Hall–Kier alpha value is -3.41. The van der Waals surface area contributed by atoms with Crippen LogP contribution < -0.4 is 15.4 Å². The zero-order valence-corrected chi connectivity index (χ0v) is 11.3. The Morgan fingerprint density at radius 1 is 1.50 bits per heavy atom. The number of carbonyl (C=O) groups is 1. The van der Waals surface area contributed by atoms with Crippen LogP contribution in [0.15, 0.2) is 24.4 Å². The molecule has 2 aromatic rings. The molecule has 0 fully saturated rings. The van der Waals surface area contributed by atoms with Gasteiger partial charge in [0.15, 0.2) is 0 Å². The van der Waals surface area contributed by atoms with Gasteiger partial charge in [-0.25, -0.2) is 0 Å². The lowest BCUT2D eigenvalue weighted by Crippen LogP contribution is -2.24. The van der Waals surface area contributed by atoms with Gasteiger partial charge in [-0.15, -0.1) is 10.2 Å². The van der Waals surface area contributed by atoms with Crippen molar-refractivity contribution in [2.75, 3.05) is 18.5 Å². The maximum absolute atomic E-state index is 11.9. The number of tetrazole rings is 1. The molecule has 2 heterocycles. The topological polar surface area (TPSA) is 129 Å². The van der Waals surface area contributed by atoms with Gasteiger partial charge >= 0.3 is 0 Å². The van der Waals surface area contributed by atoms with E-state index in [1.807, 2.05) is 6.07 Å². The van der Waals surface area contributed by atoms with Crippen LogP contribution in [-0.2, 0) is 0 Å². The van der Waals surface area contributed by atoms with E-state index < -0.39 is 0 Å². The second-order valence-corrected chi connectivity index (χ2v) is 4.36. The number of amides is 1. The highest BCUT2D eigenvalue weighted by atomic mass is 16.5. The fourth-order valence-corrected chi connectivity index (χ4v) is 1.92. The average Bonchev–Trinajstić information content (AvgIpc) is 3.00. The van der Waals surface area contributed by atoms with E-state index in [1.54, 1.807) is 18.2 Å². The maximum Gasteiger partial charge on any atom is 0.255 e. The highest BCUT2D eigenvalue weighted by Gasteiger charge is 2.16. The standard InChI is InChI=1S/C13H11N7O2/c14-6-8(12-17-19-20-18-12)7-16-9-1-2-11-10(5-9)13(21)15-3-4-22-11/h1-2,5,7,16H,3-4H2,(H,15,21)(H,17,18,19,20). The van der Waals surface area contributed by atoms with Gasteiger partial charge in [-0.3, -0.25) is 4.79 Å². The smallest absolute Gasteiger partial charge is 0.255 e. The van der Waals surface area contributed by atoms with E-state index in [1.165, 1.54) is 6.20 Å². The summed E-state index contributed by atoms with van der Waals surface area (Å²) >= 11 is 0. The molecule has 3 N–H and O–H groups in total. The fourth-order valence-electron chi connectivity index (χ4n) is 1.92. The number of carbonyl (C=O) groups excluding carboxylic acids is 1. The first kappa shape index (κ1) is 13.6. The summed E-state index contributed by atoms with van der Waals surface area (Å²) < 4.78 is 5.47. The fraction of sp³-hybridized carbons (Fsp3) is 0.154. The van der Waals surface area contributed by atoms with Crippen molar-refractivity contribution in [3.05, 3.63) is 35.8 Å². The number of nitrogens with one attached hydrogen (secondary N) is 3. The van der Waals surface area contributed by atoms with E-state index in [0.29, 0.717) is 30.2 Å². The van der Waals surface area contributed by atoms with E-state index in [-0.39, 0.29) is 17.3 Å². The first-order valence-electron chi connectivity index (χ1n) is 6.43. The third kappa shape index (κ3) is 2.71. The molecule has 9 heteroatoms. The molecule has 110 valence electrons. The summed E-state index contributed by atoms with van der Waals surface area (Å²) in [6, 6.07) is 7.07. The molecule has 0 saturated carbocycles. The van der Waals surface area contributed by atoms with Crippen LogP contribution in [0, 0.1) is 11.3 Å². The van der Waals surface area contributed by atoms with Gasteiger partial charge in [0.05, 0.1) is 12.1 Å². The SMILES string of the molecule is N#CC(=CNc1ccc2c(c1)C(=O)NCCO2)c1nn[nH]n1. The van der Waals surface area contributed by atoms with E-state index in [0.717, 1.165) is 0 Å². The Kier molecular flexibility index (Phi) is 3.65. The molecule has 1 aliphatic heterocycles. The molecule has 1 amide bonds. The first-order chi connectivity index (χ1) is 10.8. The summed E-state index contributed by atoms with van der Waals surface area (Å²) in [4.78, 5) is 11.9. The molecule has 0 bridgehead atoms. The lowest BCUT2D eigenvalue weighted by atomic mass is 10.1. The number of hydrogen-bond acceptors (Lipinski definition) is 7. The maximum atomic E-state index is 11.9. The number of nitriles is 1. The third-order valence-electron chi connectivity index (χ3n) is 2.96. The van der Waals surface area contributed by atoms with Gasteiger partial charge in [0.2, 0.25) is 5.82 Å². The van der Waals surface area contributed by atoms with Gasteiger partial charge in [-0.05, 0) is 23.4 Å². The molecule has 0 unspecified atom stereocenters. The molecule has 0 radical (unpaired) electrons.